The topological polar surface area (TPSA) is 60.0 Å². The Kier molecular flexibility index (Phi) is 7.10. The molecule has 0 unspecified atom stereocenters. The highest BCUT2D eigenvalue weighted by Crippen LogP contribution is 2.21. The number of carbonyl (C=O) groups excluding carboxylic acids is 1. The molecule has 2 saturated heterocycles. The molecular weight excluding hydrogens is 338 g/mol. The fourth-order valence-corrected chi connectivity index (χ4v) is 3.87. The molecule has 0 spiro atoms. The molecule has 1 aromatic carbocycles. The van der Waals surface area contributed by atoms with Crippen LogP contribution in [0.4, 0.5) is 5.69 Å². The van der Waals surface area contributed by atoms with Crippen LogP contribution < -0.4 is 15.5 Å². The van der Waals surface area contributed by atoms with Crippen molar-refractivity contribution < 1.29 is 4.79 Å². The van der Waals surface area contributed by atoms with Gasteiger partial charge < -0.3 is 20.4 Å². The van der Waals surface area contributed by atoms with E-state index in [1.807, 2.05) is 24.1 Å². The summed E-state index contributed by atoms with van der Waals surface area (Å²) in [4.78, 5) is 20.4. The van der Waals surface area contributed by atoms with E-state index in [1.165, 1.54) is 37.9 Å². The van der Waals surface area contributed by atoms with Gasteiger partial charge in [0.05, 0.1) is 0 Å². The Morgan fingerprint density at radius 3 is 2.52 bits per heavy atom. The van der Waals surface area contributed by atoms with Crippen LogP contribution in [-0.2, 0) is 11.3 Å². The average molecular weight is 372 g/mol. The van der Waals surface area contributed by atoms with Crippen LogP contribution in [0.25, 0.3) is 0 Å². The number of carbonyl (C=O) groups is 1. The average Bonchev–Trinajstić information content (AvgIpc) is 3.12. The van der Waals surface area contributed by atoms with E-state index in [1.54, 1.807) is 0 Å². The van der Waals surface area contributed by atoms with Gasteiger partial charge in [0.15, 0.2) is 5.96 Å². The standard InChI is InChI=1S/C21H33N5O/c1-22-21(23-12-9-17-10-14-25(2)15-11-17)24-16-18-5-7-19(8-6-18)26-13-3-4-20(26)27/h5-8,17H,3-4,9-16H2,1-2H3,(H2,22,23,24). The number of nitrogens with one attached hydrogen (secondary N) is 2. The Bertz CT molecular complexity index is 634. The molecule has 0 aliphatic carbocycles. The molecule has 3 rings (SSSR count). The summed E-state index contributed by atoms with van der Waals surface area (Å²) in [7, 11) is 4.02. The van der Waals surface area contributed by atoms with Gasteiger partial charge in [-0.2, -0.15) is 0 Å². The number of nitrogens with zero attached hydrogens (tertiary/aromatic N) is 3. The van der Waals surface area contributed by atoms with Gasteiger partial charge in [-0.1, -0.05) is 12.1 Å². The van der Waals surface area contributed by atoms with Crippen molar-refractivity contribution in [2.24, 2.45) is 10.9 Å². The van der Waals surface area contributed by atoms with Crippen molar-refractivity contribution in [3.63, 3.8) is 0 Å². The van der Waals surface area contributed by atoms with E-state index in [9.17, 15) is 4.79 Å². The van der Waals surface area contributed by atoms with E-state index in [0.717, 1.165) is 43.6 Å². The van der Waals surface area contributed by atoms with Crippen molar-refractivity contribution >= 4 is 17.6 Å². The van der Waals surface area contributed by atoms with Crippen molar-refractivity contribution in [2.45, 2.75) is 38.6 Å². The van der Waals surface area contributed by atoms with Crippen LogP contribution in [0, 0.1) is 5.92 Å². The van der Waals surface area contributed by atoms with E-state index >= 15 is 0 Å². The molecule has 2 N–H and O–H groups in total. The van der Waals surface area contributed by atoms with E-state index in [2.05, 4.69) is 39.7 Å². The van der Waals surface area contributed by atoms with Crippen molar-refractivity contribution in [2.75, 3.05) is 45.2 Å². The summed E-state index contributed by atoms with van der Waals surface area (Å²) < 4.78 is 0. The monoisotopic (exact) mass is 371 g/mol. The summed E-state index contributed by atoms with van der Waals surface area (Å²) in [6.07, 6.45) is 5.43. The molecule has 6 heteroatoms. The molecule has 0 aromatic heterocycles. The summed E-state index contributed by atoms with van der Waals surface area (Å²) in [6, 6.07) is 8.24. The van der Waals surface area contributed by atoms with Crippen LogP contribution >= 0.6 is 0 Å². The molecule has 0 bridgehead atoms. The van der Waals surface area contributed by atoms with Crippen molar-refractivity contribution in [3.8, 4) is 0 Å². The maximum Gasteiger partial charge on any atom is 0.227 e. The van der Waals surface area contributed by atoms with Crippen LogP contribution in [0.15, 0.2) is 29.3 Å². The Hall–Kier alpha value is -2.08. The van der Waals surface area contributed by atoms with Gasteiger partial charge >= 0.3 is 0 Å². The number of benzene rings is 1. The third-order valence-electron chi connectivity index (χ3n) is 5.69. The number of amides is 1. The predicted octanol–water partition coefficient (Wildman–Crippen LogP) is 2.21. The summed E-state index contributed by atoms with van der Waals surface area (Å²) in [5, 5.41) is 6.81. The second-order valence-corrected chi connectivity index (χ2v) is 7.70. The zero-order valence-electron chi connectivity index (χ0n) is 16.7. The number of piperidine rings is 1. The van der Waals surface area contributed by atoms with Crippen molar-refractivity contribution in [1.82, 2.24) is 15.5 Å². The molecule has 148 valence electrons. The number of aliphatic imine (C=N–C) groups is 1. The summed E-state index contributed by atoms with van der Waals surface area (Å²) in [6.45, 7) is 4.96. The van der Waals surface area contributed by atoms with Gasteiger partial charge in [0.2, 0.25) is 5.91 Å². The number of hydrogen-bond donors (Lipinski definition) is 2. The predicted molar refractivity (Wildman–Crippen MR) is 111 cm³/mol. The lowest BCUT2D eigenvalue weighted by Crippen LogP contribution is -2.38. The lowest BCUT2D eigenvalue weighted by molar-refractivity contribution is -0.117. The van der Waals surface area contributed by atoms with Crippen molar-refractivity contribution in [3.05, 3.63) is 29.8 Å². The zero-order chi connectivity index (χ0) is 19.1. The first-order valence-corrected chi connectivity index (χ1v) is 10.2. The van der Waals surface area contributed by atoms with Crippen LogP contribution in [0.5, 0.6) is 0 Å². The highest BCUT2D eigenvalue weighted by atomic mass is 16.2. The Morgan fingerprint density at radius 1 is 1.15 bits per heavy atom. The van der Waals surface area contributed by atoms with E-state index in [0.29, 0.717) is 6.42 Å². The molecule has 0 saturated carbocycles. The van der Waals surface area contributed by atoms with Gasteiger partial charge in [0.1, 0.15) is 0 Å². The Morgan fingerprint density at radius 2 is 1.89 bits per heavy atom. The smallest absolute Gasteiger partial charge is 0.227 e. The zero-order valence-corrected chi connectivity index (χ0v) is 16.7. The maximum atomic E-state index is 11.8. The lowest BCUT2D eigenvalue weighted by Gasteiger charge is -2.29. The number of likely N-dealkylation sites (tertiary alicyclic amines) is 1. The third kappa shape index (κ3) is 5.70. The van der Waals surface area contributed by atoms with Gasteiger partial charge in [-0.25, -0.2) is 0 Å². The largest absolute Gasteiger partial charge is 0.356 e. The first-order valence-electron chi connectivity index (χ1n) is 10.2. The van der Waals surface area contributed by atoms with E-state index in [-0.39, 0.29) is 5.91 Å². The van der Waals surface area contributed by atoms with Crippen LogP contribution in [0.1, 0.15) is 37.7 Å². The van der Waals surface area contributed by atoms with Crippen LogP contribution in [0.3, 0.4) is 0 Å². The molecule has 1 aromatic rings. The molecule has 2 heterocycles. The molecule has 0 radical (unpaired) electrons. The molecule has 2 aliphatic rings. The fourth-order valence-electron chi connectivity index (χ4n) is 3.87. The van der Waals surface area contributed by atoms with E-state index < -0.39 is 0 Å². The minimum atomic E-state index is 0.232. The van der Waals surface area contributed by atoms with Gasteiger partial charge in [-0.15, -0.1) is 0 Å². The van der Waals surface area contributed by atoms with Gasteiger partial charge in [0.25, 0.3) is 0 Å². The molecule has 27 heavy (non-hydrogen) atoms. The minimum Gasteiger partial charge on any atom is -0.356 e. The third-order valence-corrected chi connectivity index (χ3v) is 5.69. The fraction of sp³-hybridized carbons (Fsp3) is 0.619. The number of guanidine groups is 1. The SMILES string of the molecule is CN=C(NCCC1CCN(C)CC1)NCc1ccc(N2CCCC2=O)cc1. The molecule has 1 amide bonds. The first kappa shape index (κ1) is 19.7. The lowest BCUT2D eigenvalue weighted by atomic mass is 9.94. The molecular formula is C21H33N5O. The molecule has 2 aliphatic heterocycles. The molecule has 6 nitrogen and oxygen atoms in total. The number of hydrogen-bond acceptors (Lipinski definition) is 3. The second kappa shape index (κ2) is 9.74. The second-order valence-electron chi connectivity index (χ2n) is 7.70. The van der Waals surface area contributed by atoms with Crippen LogP contribution in [-0.4, -0.2) is 57.0 Å². The number of anilines is 1. The summed E-state index contributed by atoms with van der Waals surface area (Å²) >= 11 is 0. The van der Waals surface area contributed by atoms with Gasteiger partial charge in [-0.3, -0.25) is 9.79 Å². The summed E-state index contributed by atoms with van der Waals surface area (Å²) in [5.74, 6) is 1.91. The van der Waals surface area contributed by atoms with Gasteiger partial charge in [0, 0.05) is 38.8 Å². The van der Waals surface area contributed by atoms with Crippen molar-refractivity contribution in [1.29, 1.82) is 0 Å². The number of rotatable bonds is 6. The maximum absolute atomic E-state index is 11.8. The minimum absolute atomic E-state index is 0.232. The Labute approximate surface area is 163 Å². The normalized spacial score (nSPS) is 19.6. The highest BCUT2D eigenvalue weighted by Gasteiger charge is 2.21. The van der Waals surface area contributed by atoms with Gasteiger partial charge in [-0.05, 0) is 69.4 Å². The van der Waals surface area contributed by atoms with E-state index in [4.69, 9.17) is 0 Å². The quantitative estimate of drug-likeness (QED) is 0.595. The molecule has 0 atom stereocenters. The summed E-state index contributed by atoms with van der Waals surface area (Å²) in [5.41, 5.74) is 2.19. The first-order chi connectivity index (χ1) is 13.2. The molecule has 2 fully saturated rings. The van der Waals surface area contributed by atoms with Crippen LogP contribution in [0.2, 0.25) is 0 Å². The Balaban J connectivity index is 1.39. The highest BCUT2D eigenvalue weighted by molar-refractivity contribution is 5.95.